The third-order valence-corrected chi connectivity index (χ3v) is 3.12. The first-order valence-corrected chi connectivity index (χ1v) is 7.41. The van der Waals surface area contributed by atoms with Crippen molar-refractivity contribution in [3.05, 3.63) is 35.1 Å². The number of carbonyl (C=O) groups is 1. The van der Waals surface area contributed by atoms with Crippen LogP contribution in [0.5, 0.6) is 0 Å². The summed E-state index contributed by atoms with van der Waals surface area (Å²) < 4.78 is 13.2. The number of nitrogens with zero attached hydrogens (tertiary/aromatic N) is 2. The highest BCUT2D eigenvalue weighted by Crippen LogP contribution is 2.09. The molecule has 7 heteroatoms. The second kappa shape index (κ2) is 11.2. The minimum absolute atomic E-state index is 0. The minimum Gasteiger partial charge on any atom is -0.357 e. The second-order valence-corrected chi connectivity index (χ2v) is 5.24. The molecule has 0 saturated carbocycles. The smallest absolute Gasteiger partial charge is 0.223 e. The van der Waals surface area contributed by atoms with Gasteiger partial charge in [0.2, 0.25) is 5.91 Å². The lowest BCUT2D eigenvalue weighted by molar-refractivity contribution is -0.128. The Morgan fingerprint density at radius 3 is 2.57 bits per heavy atom. The lowest BCUT2D eigenvalue weighted by Gasteiger charge is -2.13. The molecule has 0 radical (unpaired) electrons. The minimum atomic E-state index is -0.208. The topological polar surface area (TPSA) is 56.7 Å². The Kier molecular flexibility index (Phi) is 10.5. The van der Waals surface area contributed by atoms with Gasteiger partial charge >= 0.3 is 0 Å². The zero-order valence-corrected chi connectivity index (χ0v) is 16.5. The van der Waals surface area contributed by atoms with Crippen LogP contribution in [0, 0.1) is 12.7 Å². The molecule has 0 aliphatic rings. The monoisotopic (exact) mass is 436 g/mol. The van der Waals surface area contributed by atoms with E-state index in [0.29, 0.717) is 31.0 Å². The number of halogens is 2. The third-order valence-electron chi connectivity index (χ3n) is 3.12. The van der Waals surface area contributed by atoms with Crippen LogP contribution in [0.15, 0.2) is 23.2 Å². The maximum atomic E-state index is 13.2. The molecule has 0 aliphatic heterocycles. The van der Waals surface area contributed by atoms with Gasteiger partial charge in [-0.1, -0.05) is 12.1 Å². The van der Waals surface area contributed by atoms with Crippen molar-refractivity contribution in [2.75, 3.05) is 27.2 Å². The highest BCUT2D eigenvalue weighted by molar-refractivity contribution is 14.0. The number of hydrogen-bond donors (Lipinski definition) is 2. The molecule has 1 rings (SSSR count). The van der Waals surface area contributed by atoms with Crippen molar-refractivity contribution in [1.29, 1.82) is 0 Å². The standard InChI is InChI=1S/C16H25FN4O.HI/c1-5-18-16(19-9-8-15(22)21(3)4)20-11-13-6-7-14(17)12(2)10-13;/h6-7,10H,5,8-9,11H2,1-4H3,(H2,18,19,20);1H. The van der Waals surface area contributed by atoms with Crippen LogP contribution >= 0.6 is 24.0 Å². The van der Waals surface area contributed by atoms with Crippen molar-refractivity contribution >= 4 is 35.8 Å². The number of benzene rings is 1. The van der Waals surface area contributed by atoms with Crippen LogP contribution in [-0.4, -0.2) is 44.0 Å². The van der Waals surface area contributed by atoms with E-state index >= 15 is 0 Å². The lowest BCUT2D eigenvalue weighted by Crippen LogP contribution is -2.39. The summed E-state index contributed by atoms with van der Waals surface area (Å²) in [5, 5.41) is 6.24. The van der Waals surface area contributed by atoms with Gasteiger partial charge in [0.25, 0.3) is 0 Å². The first kappa shape index (κ1) is 21.6. The van der Waals surface area contributed by atoms with E-state index in [0.717, 1.165) is 12.1 Å². The summed E-state index contributed by atoms with van der Waals surface area (Å²) >= 11 is 0. The molecule has 0 heterocycles. The van der Waals surface area contributed by atoms with Crippen LogP contribution in [0.2, 0.25) is 0 Å². The number of guanidine groups is 1. The predicted octanol–water partition coefficient (Wildman–Crippen LogP) is 2.29. The van der Waals surface area contributed by atoms with Crippen LogP contribution in [-0.2, 0) is 11.3 Å². The Hall–Kier alpha value is -1.38. The third kappa shape index (κ3) is 8.15. The Bertz CT molecular complexity index is 535. The molecule has 0 atom stereocenters. The summed E-state index contributed by atoms with van der Waals surface area (Å²) in [5.41, 5.74) is 1.56. The molecule has 23 heavy (non-hydrogen) atoms. The van der Waals surface area contributed by atoms with E-state index in [1.807, 2.05) is 6.92 Å². The van der Waals surface area contributed by atoms with Crippen molar-refractivity contribution < 1.29 is 9.18 Å². The number of carbonyl (C=O) groups excluding carboxylic acids is 1. The molecule has 0 unspecified atom stereocenters. The molecule has 0 fully saturated rings. The molecular formula is C16H26FIN4O. The maximum Gasteiger partial charge on any atom is 0.223 e. The zero-order chi connectivity index (χ0) is 16.5. The van der Waals surface area contributed by atoms with E-state index in [4.69, 9.17) is 0 Å². The van der Waals surface area contributed by atoms with E-state index < -0.39 is 0 Å². The fourth-order valence-corrected chi connectivity index (χ4v) is 1.83. The quantitative estimate of drug-likeness (QED) is 0.409. The Labute approximate surface area is 154 Å². The highest BCUT2D eigenvalue weighted by atomic mass is 127. The molecular weight excluding hydrogens is 410 g/mol. The van der Waals surface area contributed by atoms with E-state index in [-0.39, 0.29) is 35.7 Å². The Morgan fingerprint density at radius 1 is 1.30 bits per heavy atom. The van der Waals surface area contributed by atoms with Crippen LogP contribution in [0.3, 0.4) is 0 Å². The fourth-order valence-electron chi connectivity index (χ4n) is 1.83. The molecule has 0 saturated heterocycles. The van der Waals surface area contributed by atoms with E-state index in [2.05, 4.69) is 15.6 Å². The van der Waals surface area contributed by atoms with E-state index in [1.54, 1.807) is 38.1 Å². The van der Waals surface area contributed by atoms with Gasteiger partial charge in [0.15, 0.2) is 5.96 Å². The van der Waals surface area contributed by atoms with E-state index in [1.165, 1.54) is 6.07 Å². The van der Waals surface area contributed by atoms with Gasteiger partial charge in [-0.05, 0) is 31.0 Å². The molecule has 0 bridgehead atoms. The molecule has 2 N–H and O–H groups in total. The van der Waals surface area contributed by atoms with Crippen molar-refractivity contribution in [3.8, 4) is 0 Å². The second-order valence-electron chi connectivity index (χ2n) is 5.24. The largest absolute Gasteiger partial charge is 0.357 e. The summed E-state index contributed by atoms with van der Waals surface area (Å²) in [6.45, 7) is 5.42. The summed E-state index contributed by atoms with van der Waals surface area (Å²) in [4.78, 5) is 17.5. The van der Waals surface area contributed by atoms with Gasteiger partial charge in [-0.15, -0.1) is 24.0 Å². The number of amides is 1. The molecule has 0 aromatic heterocycles. The van der Waals surface area contributed by atoms with Gasteiger partial charge in [0.1, 0.15) is 5.82 Å². The summed E-state index contributed by atoms with van der Waals surface area (Å²) in [6, 6.07) is 4.97. The zero-order valence-electron chi connectivity index (χ0n) is 14.1. The van der Waals surface area contributed by atoms with Crippen LogP contribution in [0.4, 0.5) is 4.39 Å². The molecule has 130 valence electrons. The average Bonchev–Trinajstić information content (AvgIpc) is 2.47. The van der Waals surface area contributed by atoms with Crippen molar-refractivity contribution in [3.63, 3.8) is 0 Å². The molecule has 1 amide bonds. The Balaban J connectivity index is 0.00000484. The molecule has 1 aromatic carbocycles. The number of nitrogens with one attached hydrogen (secondary N) is 2. The lowest BCUT2D eigenvalue weighted by atomic mass is 10.1. The first-order chi connectivity index (χ1) is 10.4. The van der Waals surface area contributed by atoms with Crippen LogP contribution in [0.1, 0.15) is 24.5 Å². The van der Waals surface area contributed by atoms with Crippen molar-refractivity contribution in [1.82, 2.24) is 15.5 Å². The van der Waals surface area contributed by atoms with Crippen LogP contribution in [0.25, 0.3) is 0 Å². The molecule has 0 spiro atoms. The Morgan fingerprint density at radius 2 is 2.00 bits per heavy atom. The molecule has 5 nitrogen and oxygen atoms in total. The van der Waals surface area contributed by atoms with Gasteiger partial charge in [0.05, 0.1) is 6.54 Å². The summed E-state index contributed by atoms with van der Waals surface area (Å²) in [5.74, 6) is 0.508. The number of hydrogen-bond acceptors (Lipinski definition) is 2. The van der Waals surface area contributed by atoms with Crippen molar-refractivity contribution in [2.24, 2.45) is 4.99 Å². The normalized spacial score (nSPS) is 10.7. The van der Waals surface area contributed by atoms with Gasteiger partial charge in [-0.2, -0.15) is 0 Å². The summed E-state index contributed by atoms with van der Waals surface area (Å²) in [6.07, 6.45) is 0.410. The summed E-state index contributed by atoms with van der Waals surface area (Å²) in [7, 11) is 3.47. The number of aliphatic imine (C=N–C) groups is 1. The molecule has 1 aromatic rings. The highest BCUT2D eigenvalue weighted by Gasteiger charge is 2.04. The van der Waals surface area contributed by atoms with Crippen LogP contribution < -0.4 is 10.6 Å². The van der Waals surface area contributed by atoms with Gasteiger partial charge in [0, 0.05) is 33.6 Å². The fraction of sp³-hybridized carbons (Fsp3) is 0.500. The molecule has 0 aliphatic carbocycles. The number of rotatable bonds is 6. The predicted molar refractivity (Wildman–Crippen MR) is 103 cm³/mol. The van der Waals surface area contributed by atoms with Gasteiger partial charge in [-0.25, -0.2) is 9.38 Å². The van der Waals surface area contributed by atoms with Crippen molar-refractivity contribution in [2.45, 2.75) is 26.8 Å². The van der Waals surface area contributed by atoms with E-state index in [9.17, 15) is 9.18 Å². The number of aryl methyl sites for hydroxylation is 1. The van der Waals surface area contributed by atoms with Gasteiger partial charge < -0.3 is 15.5 Å². The SMILES string of the molecule is CCNC(=NCc1ccc(F)c(C)c1)NCCC(=O)N(C)C.I. The first-order valence-electron chi connectivity index (χ1n) is 7.41. The van der Waals surface area contributed by atoms with Gasteiger partial charge in [-0.3, -0.25) is 4.79 Å². The average molecular weight is 436 g/mol. The maximum absolute atomic E-state index is 13.2.